The number of pyridine rings is 1. The number of ether oxygens (including phenoxy) is 2. The Kier molecular flexibility index (Phi) is 6.04. The number of hydrazone groups is 1. The van der Waals surface area contributed by atoms with Crippen molar-refractivity contribution in [1.82, 2.24) is 10.1 Å². The van der Waals surface area contributed by atoms with Gasteiger partial charge in [-0.3, -0.25) is 9.88 Å². The van der Waals surface area contributed by atoms with Gasteiger partial charge in [-0.15, -0.1) is 5.10 Å². The molecule has 2 aliphatic heterocycles. The first-order valence-corrected chi connectivity index (χ1v) is 10.1. The van der Waals surface area contributed by atoms with Gasteiger partial charge in [0.15, 0.2) is 11.9 Å². The molecule has 0 aliphatic carbocycles. The number of nitrogens with zero attached hydrogens (tertiary/aromatic N) is 5. The van der Waals surface area contributed by atoms with Gasteiger partial charge in [0.1, 0.15) is 12.3 Å². The van der Waals surface area contributed by atoms with E-state index in [0.29, 0.717) is 24.7 Å². The highest BCUT2D eigenvalue weighted by molar-refractivity contribution is 5.96. The first kappa shape index (κ1) is 21.3. The van der Waals surface area contributed by atoms with Crippen molar-refractivity contribution in [3.05, 3.63) is 59.9 Å². The number of hydrogen-bond acceptors (Lipinski definition) is 8. The molecular weight excluding hydrogens is 410 g/mol. The number of cyclic esters (lactones) is 1. The Hall–Kier alpha value is -3.92. The van der Waals surface area contributed by atoms with Crippen LogP contribution in [0.3, 0.4) is 0 Å². The molecule has 3 heterocycles. The van der Waals surface area contributed by atoms with Crippen molar-refractivity contribution in [3.8, 4) is 11.1 Å². The molecule has 1 saturated heterocycles. The standard InChI is InChI=1S/C22H25N7O3/c1-14-10-15(16-5-7-18(26-11-16)21(23)27-28(2)24)6-8-19(14)29-12-17(32-22(29)30)13-31-20-4-3-9-25-20/h3-8,10-11,17H,9,12-13,24H2,1-2H3,(H2,23,27). The van der Waals surface area contributed by atoms with Gasteiger partial charge in [0.05, 0.1) is 18.8 Å². The molecule has 1 amide bonds. The van der Waals surface area contributed by atoms with Crippen molar-refractivity contribution in [2.24, 2.45) is 21.7 Å². The van der Waals surface area contributed by atoms with Crippen molar-refractivity contribution in [3.63, 3.8) is 0 Å². The van der Waals surface area contributed by atoms with E-state index in [4.69, 9.17) is 21.1 Å². The fraction of sp³-hybridized carbons (Fsp3) is 0.273. The van der Waals surface area contributed by atoms with Crippen molar-refractivity contribution < 1.29 is 14.3 Å². The zero-order chi connectivity index (χ0) is 22.7. The highest BCUT2D eigenvalue weighted by atomic mass is 16.6. The molecule has 1 aromatic carbocycles. The predicted molar refractivity (Wildman–Crippen MR) is 122 cm³/mol. The van der Waals surface area contributed by atoms with Crippen molar-refractivity contribution in [2.75, 3.05) is 31.6 Å². The minimum atomic E-state index is -0.385. The van der Waals surface area contributed by atoms with Gasteiger partial charge in [-0.2, -0.15) is 0 Å². The third-order valence-corrected chi connectivity index (χ3v) is 5.02. The van der Waals surface area contributed by atoms with Crippen LogP contribution in [0.5, 0.6) is 0 Å². The first-order chi connectivity index (χ1) is 15.4. The molecule has 166 valence electrons. The van der Waals surface area contributed by atoms with Crippen LogP contribution in [0, 0.1) is 6.92 Å². The van der Waals surface area contributed by atoms with Crippen LogP contribution in [0.1, 0.15) is 11.3 Å². The molecule has 0 bridgehead atoms. The van der Waals surface area contributed by atoms with E-state index < -0.39 is 0 Å². The molecule has 32 heavy (non-hydrogen) atoms. The number of anilines is 1. The fourth-order valence-electron chi connectivity index (χ4n) is 3.50. The lowest BCUT2D eigenvalue weighted by molar-refractivity contribution is 0.101. The van der Waals surface area contributed by atoms with Crippen LogP contribution in [0.15, 0.2) is 58.8 Å². The molecule has 0 radical (unpaired) electrons. The van der Waals surface area contributed by atoms with Gasteiger partial charge in [0.2, 0.25) is 5.90 Å². The zero-order valence-corrected chi connectivity index (χ0v) is 17.9. The van der Waals surface area contributed by atoms with Crippen molar-refractivity contribution >= 4 is 23.5 Å². The molecule has 4 N–H and O–H groups in total. The maximum Gasteiger partial charge on any atom is 0.414 e. The zero-order valence-electron chi connectivity index (χ0n) is 17.9. The number of rotatable bonds is 6. The Labute approximate surface area is 185 Å². The maximum absolute atomic E-state index is 12.4. The van der Waals surface area contributed by atoms with Gasteiger partial charge in [-0.05, 0) is 42.3 Å². The number of nitrogens with two attached hydrogens (primary N) is 2. The third kappa shape index (κ3) is 4.70. The Morgan fingerprint density at radius 2 is 2.16 bits per heavy atom. The Bertz CT molecular complexity index is 1090. The smallest absolute Gasteiger partial charge is 0.414 e. The van der Waals surface area contributed by atoms with E-state index >= 15 is 0 Å². The lowest BCUT2D eigenvalue weighted by Crippen LogP contribution is -2.27. The predicted octanol–water partition coefficient (Wildman–Crippen LogP) is 1.79. The summed E-state index contributed by atoms with van der Waals surface area (Å²) in [5.41, 5.74) is 10.0. The van der Waals surface area contributed by atoms with E-state index in [1.165, 1.54) is 0 Å². The average Bonchev–Trinajstić information content (AvgIpc) is 3.41. The maximum atomic E-state index is 12.4. The normalized spacial score (nSPS) is 18.0. The van der Waals surface area contributed by atoms with Crippen LogP contribution in [-0.2, 0) is 9.47 Å². The molecule has 2 aromatic rings. The minimum Gasteiger partial charge on any atom is -0.474 e. The second kappa shape index (κ2) is 9.06. The number of aliphatic imine (C=N–C) groups is 1. The van der Waals surface area contributed by atoms with Crippen LogP contribution >= 0.6 is 0 Å². The summed E-state index contributed by atoms with van der Waals surface area (Å²) in [7, 11) is 1.58. The van der Waals surface area contributed by atoms with Crippen LogP contribution in [-0.4, -0.2) is 60.8 Å². The van der Waals surface area contributed by atoms with Gasteiger partial charge in [0, 0.05) is 18.8 Å². The summed E-state index contributed by atoms with van der Waals surface area (Å²) >= 11 is 0. The second-order valence-corrected chi connectivity index (χ2v) is 7.50. The molecule has 0 spiro atoms. The summed E-state index contributed by atoms with van der Waals surface area (Å²) in [6.07, 6.45) is 4.72. The first-order valence-electron chi connectivity index (χ1n) is 10.1. The molecule has 0 saturated carbocycles. The van der Waals surface area contributed by atoms with E-state index in [2.05, 4.69) is 15.1 Å². The van der Waals surface area contributed by atoms with Crippen molar-refractivity contribution in [2.45, 2.75) is 13.0 Å². The second-order valence-electron chi connectivity index (χ2n) is 7.50. The number of carbonyl (C=O) groups excluding carboxylic acids is 1. The Morgan fingerprint density at radius 1 is 1.34 bits per heavy atom. The highest BCUT2D eigenvalue weighted by Crippen LogP contribution is 2.30. The van der Waals surface area contributed by atoms with Gasteiger partial charge < -0.3 is 15.2 Å². The Balaban J connectivity index is 1.45. The quantitative estimate of drug-likeness (QED) is 0.306. The molecule has 10 heteroatoms. The number of amidine groups is 1. The number of hydrazine groups is 1. The summed E-state index contributed by atoms with van der Waals surface area (Å²) in [5, 5.41) is 5.08. The molecule has 10 nitrogen and oxygen atoms in total. The van der Waals surface area contributed by atoms with Crippen LogP contribution in [0.4, 0.5) is 10.5 Å². The SMILES string of the molecule is Cc1cc(-c2ccc(/C(N)=N/N(C)N)nc2)ccc1N1CC(COC2=NCC=C2)OC1=O. The van der Waals surface area contributed by atoms with Crippen LogP contribution in [0.2, 0.25) is 0 Å². The van der Waals surface area contributed by atoms with Crippen LogP contribution in [0.25, 0.3) is 11.1 Å². The lowest BCUT2D eigenvalue weighted by atomic mass is 10.0. The lowest BCUT2D eigenvalue weighted by Gasteiger charge is -2.17. The summed E-state index contributed by atoms with van der Waals surface area (Å²) in [6.45, 7) is 3.27. The summed E-state index contributed by atoms with van der Waals surface area (Å²) in [5.74, 6) is 6.29. The van der Waals surface area contributed by atoms with Gasteiger partial charge in [0.25, 0.3) is 0 Å². The monoisotopic (exact) mass is 435 g/mol. The minimum absolute atomic E-state index is 0.232. The van der Waals surface area contributed by atoms with Crippen LogP contribution < -0.4 is 16.5 Å². The summed E-state index contributed by atoms with van der Waals surface area (Å²) in [6, 6.07) is 9.55. The molecule has 2 aliphatic rings. The number of hydrogen-bond donors (Lipinski definition) is 2. The largest absolute Gasteiger partial charge is 0.474 e. The molecular formula is C22H25N7O3. The molecule has 4 rings (SSSR count). The van der Waals surface area contributed by atoms with Gasteiger partial charge >= 0.3 is 6.09 Å². The molecule has 1 atom stereocenters. The van der Waals surface area contributed by atoms with E-state index in [0.717, 1.165) is 27.5 Å². The number of aromatic nitrogens is 1. The summed E-state index contributed by atoms with van der Waals surface area (Å²) in [4.78, 5) is 22.6. The van der Waals surface area contributed by atoms with Crippen molar-refractivity contribution in [1.29, 1.82) is 0 Å². The third-order valence-electron chi connectivity index (χ3n) is 5.02. The average molecular weight is 435 g/mol. The highest BCUT2D eigenvalue weighted by Gasteiger charge is 2.33. The molecule has 1 aromatic heterocycles. The molecule has 1 unspecified atom stereocenters. The summed E-state index contributed by atoms with van der Waals surface area (Å²) < 4.78 is 11.1. The van der Waals surface area contributed by atoms with E-state index in [1.807, 2.05) is 43.3 Å². The topological polar surface area (TPSA) is 132 Å². The number of benzene rings is 1. The molecule has 1 fully saturated rings. The fourth-order valence-corrected chi connectivity index (χ4v) is 3.50. The van der Waals surface area contributed by atoms with E-state index in [9.17, 15) is 4.79 Å². The number of carbonyl (C=O) groups is 1. The number of amides is 1. The van der Waals surface area contributed by atoms with E-state index in [1.54, 1.807) is 24.2 Å². The Morgan fingerprint density at radius 3 is 2.81 bits per heavy atom. The van der Waals surface area contributed by atoms with Gasteiger partial charge in [-0.25, -0.2) is 20.7 Å². The van der Waals surface area contributed by atoms with Gasteiger partial charge in [-0.1, -0.05) is 18.2 Å². The van der Waals surface area contributed by atoms with E-state index in [-0.39, 0.29) is 24.6 Å². The number of aryl methyl sites for hydroxylation is 1.